The van der Waals surface area contributed by atoms with Crippen molar-refractivity contribution in [2.75, 3.05) is 46.1 Å². The van der Waals surface area contributed by atoms with Crippen molar-refractivity contribution >= 4 is 39.1 Å². The van der Waals surface area contributed by atoms with Crippen LogP contribution >= 0.6 is 11.3 Å². The fourth-order valence-corrected chi connectivity index (χ4v) is 6.25. The van der Waals surface area contributed by atoms with Crippen LogP contribution in [0.25, 0.3) is 32.6 Å². The van der Waals surface area contributed by atoms with E-state index < -0.39 is 0 Å². The topological polar surface area (TPSA) is 111 Å². The van der Waals surface area contributed by atoms with E-state index in [-0.39, 0.29) is 11.8 Å². The van der Waals surface area contributed by atoms with Gasteiger partial charge < -0.3 is 29.4 Å². The summed E-state index contributed by atoms with van der Waals surface area (Å²) in [6.07, 6.45) is 1.48. The van der Waals surface area contributed by atoms with Gasteiger partial charge in [-0.15, -0.1) is 11.3 Å². The molecule has 9 nitrogen and oxygen atoms in total. The summed E-state index contributed by atoms with van der Waals surface area (Å²) < 4.78 is 16.6. The van der Waals surface area contributed by atoms with Gasteiger partial charge >= 0.3 is 0 Å². The zero-order chi connectivity index (χ0) is 28.5. The van der Waals surface area contributed by atoms with Crippen molar-refractivity contribution < 1.29 is 23.5 Å². The highest BCUT2D eigenvalue weighted by Crippen LogP contribution is 2.46. The lowest BCUT2D eigenvalue weighted by atomic mass is 9.98. The number of fused-ring (bicyclic) bond motifs is 1. The second kappa shape index (κ2) is 11.0. The van der Waals surface area contributed by atoms with Crippen molar-refractivity contribution in [1.82, 2.24) is 14.8 Å². The van der Waals surface area contributed by atoms with Crippen LogP contribution in [-0.2, 0) is 0 Å². The summed E-state index contributed by atoms with van der Waals surface area (Å²) in [7, 11) is 3.19. The number of nitrogens with two attached hydrogens (primary N) is 1. The Morgan fingerprint density at radius 2 is 1.61 bits per heavy atom. The van der Waals surface area contributed by atoms with Gasteiger partial charge in [-0.1, -0.05) is 42.5 Å². The van der Waals surface area contributed by atoms with E-state index in [2.05, 4.69) is 0 Å². The molecule has 2 amide bonds. The lowest BCUT2D eigenvalue weighted by molar-refractivity contribution is 0.0521. The molecule has 4 heterocycles. The smallest absolute Gasteiger partial charge is 0.289 e. The van der Waals surface area contributed by atoms with E-state index in [1.807, 2.05) is 54.6 Å². The SMILES string of the molecule is COc1cccc(-c2cc(-c3ccccc3)nc3sc(C(=O)N4CCN(C(=O)c5ccco5)CC4)c(N)c23)c1OC. The molecule has 0 saturated carbocycles. The molecule has 1 aliphatic rings. The Bertz CT molecular complexity index is 1720. The Morgan fingerprint density at radius 3 is 2.27 bits per heavy atom. The number of methoxy groups -OCH3 is 2. The maximum atomic E-state index is 13.8. The molecule has 2 aromatic carbocycles. The lowest BCUT2D eigenvalue weighted by Crippen LogP contribution is -2.50. The summed E-state index contributed by atoms with van der Waals surface area (Å²) in [4.78, 5) is 35.9. The molecule has 1 saturated heterocycles. The van der Waals surface area contributed by atoms with E-state index in [1.54, 1.807) is 36.2 Å². The van der Waals surface area contributed by atoms with Gasteiger partial charge in [0.25, 0.3) is 11.8 Å². The van der Waals surface area contributed by atoms with Gasteiger partial charge in [-0.2, -0.15) is 0 Å². The highest BCUT2D eigenvalue weighted by Gasteiger charge is 2.30. The van der Waals surface area contributed by atoms with Crippen LogP contribution in [0.4, 0.5) is 5.69 Å². The Hall–Kier alpha value is -4.83. The molecule has 10 heteroatoms. The number of hydrogen-bond acceptors (Lipinski definition) is 8. The maximum absolute atomic E-state index is 13.8. The van der Waals surface area contributed by atoms with Gasteiger partial charge in [0.2, 0.25) is 0 Å². The molecule has 5 aromatic rings. The van der Waals surface area contributed by atoms with Crippen LogP contribution in [0.15, 0.2) is 77.4 Å². The third kappa shape index (κ3) is 4.76. The third-order valence-electron chi connectivity index (χ3n) is 7.24. The van der Waals surface area contributed by atoms with Crippen LogP contribution in [0.1, 0.15) is 20.2 Å². The fraction of sp³-hybridized carbons (Fsp3) is 0.194. The fourth-order valence-electron chi connectivity index (χ4n) is 5.16. The number of furan rings is 1. The zero-order valence-corrected chi connectivity index (χ0v) is 23.4. The number of benzene rings is 2. The molecule has 0 unspecified atom stereocenters. The number of carbonyl (C=O) groups is 2. The van der Waals surface area contributed by atoms with E-state index in [1.165, 1.54) is 17.6 Å². The number of anilines is 1. The predicted molar refractivity (Wildman–Crippen MR) is 159 cm³/mol. The molecule has 0 spiro atoms. The van der Waals surface area contributed by atoms with Crippen molar-refractivity contribution in [2.45, 2.75) is 0 Å². The zero-order valence-electron chi connectivity index (χ0n) is 22.6. The number of aromatic nitrogens is 1. The second-order valence-corrected chi connectivity index (χ2v) is 10.5. The maximum Gasteiger partial charge on any atom is 0.289 e. The number of piperazine rings is 1. The van der Waals surface area contributed by atoms with Crippen molar-refractivity contribution in [3.8, 4) is 33.9 Å². The van der Waals surface area contributed by atoms with Gasteiger partial charge in [-0.25, -0.2) is 4.98 Å². The Kier molecular flexibility index (Phi) is 7.07. The molecule has 6 rings (SSSR count). The van der Waals surface area contributed by atoms with E-state index in [0.29, 0.717) is 64.2 Å². The monoisotopic (exact) mass is 568 g/mol. The van der Waals surface area contributed by atoms with Crippen molar-refractivity contribution in [1.29, 1.82) is 0 Å². The van der Waals surface area contributed by atoms with E-state index in [4.69, 9.17) is 24.6 Å². The summed E-state index contributed by atoms with van der Waals surface area (Å²) in [6.45, 7) is 1.58. The second-order valence-electron chi connectivity index (χ2n) is 9.55. The Morgan fingerprint density at radius 1 is 0.878 bits per heavy atom. The normalized spacial score (nSPS) is 13.4. The average Bonchev–Trinajstić information content (AvgIpc) is 3.68. The summed E-state index contributed by atoms with van der Waals surface area (Å²) in [5.41, 5.74) is 10.4. The van der Waals surface area contributed by atoms with Crippen molar-refractivity contribution in [3.63, 3.8) is 0 Å². The number of nitrogens with zero attached hydrogens (tertiary/aromatic N) is 3. The molecule has 41 heavy (non-hydrogen) atoms. The number of pyridine rings is 1. The standard InChI is InChI=1S/C31H28N4O5S/c1-38-23-11-6-10-20(27(23)39-2)21-18-22(19-8-4-3-5-9-19)33-29-25(21)26(32)28(41-29)31(37)35-15-13-34(14-16-35)30(36)24-12-7-17-40-24/h3-12,17-18H,13-16,32H2,1-2H3. The van der Waals surface area contributed by atoms with E-state index in [0.717, 1.165) is 22.4 Å². The molecular weight excluding hydrogens is 540 g/mol. The van der Waals surface area contributed by atoms with Crippen LogP contribution in [0.2, 0.25) is 0 Å². The molecule has 1 fully saturated rings. The first-order valence-electron chi connectivity index (χ1n) is 13.1. The number of rotatable bonds is 6. The van der Waals surface area contributed by atoms with E-state index in [9.17, 15) is 9.59 Å². The molecule has 0 bridgehead atoms. The van der Waals surface area contributed by atoms with Crippen molar-refractivity contribution in [2.24, 2.45) is 0 Å². The highest BCUT2D eigenvalue weighted by atomic mass is 32.1. The van der Waals surface area contributed by atoms with Gasteiger partial charge in [-0.05, 0) is 24.3 Å². The van der Waals surface area contributed by atoms with Crippen LogP contribution in [0, 0.1) is 0 Å². The molecule has 2 N–H and O–H groups in total. The summed E-state index contributed by atoms with van der Waals surface area (Å²) >= 11 is 1.28. The largest absolute Gasteiger partial charge is 0.493 e. The molecule has 0 aliphatic carbocycles. The summed E-state index contributed by atoms with van der Waals surface area (Å²) in [5, 5.41) is 0.691. The molecular formula is C31H28N4O5S. The number of thiophene rings is 1. The number of carbonyl (C=O) groups excluding carboxylic acids is 2. The number of ether oxygens (including phenoxy) is 2. The van der Waals surface area contributed by atoms with Crippen LogP contribution in [-0.4, -0.2) is 67.0 Å². The Balaban J connectivity index is 1.40. The minimum atomic E-state index is -0.182. The van der Waals surface area contributed by atoms with Crippen LogP contribution in [0.5, 0.6) is 11.5 Å². The van der Waals surface area contributed by atoms with Gasteiger partial charge in [0.1, 0.15) is 9.71 Å². The molecule has 0 atom stereocenters. The first kappa shape index (κ1) is 26.4. The number of amides is 2. The predicted octanol–water partition coefficient (Wildman–Crippen LogP) is 5.42. The van der Waals surface area contributed by atoms with Gasteiger partial charge in [-0.3, -0.25) is 9.59 Å². The van der Waals surface area contributed by atoms with Gasteiger partial charge in [0.05, 0.1) is 31.9 Å². The average molecular weight is 569 g/mol. The first-order chi connectivity index (χ1) is 20.0. The lowest BCUT2D eigenvalue weighted by Gasteiger charge is -2.34. The molecule has 3 aromatic heterocycles. The number of para-hydroxylation sites is 1. The van der Waals surface area contributed by atoms with Crippen molar-refractivity contribution in [3.05, 3.63) is 83.6 Å². The van der Waals surface area contributed by atoms with Gasteiger partial charge in [0.15, 0.2) is 17.3 Å². The first-order valence-corrected chi connectivity index (χ1v) is 13.9. The Labute approximate surface area is 240 Å². The van der Waals surface area contributed by atoms with Gasteiger partial charge in [0, 0.05) is 48.3 Å². The van der Waals surface area contributed by atoms with Crippen LogP contribution < -0.4 is 15.2 Å². The van der Waals surface area contributed by atoms with Crippen LogP contribution in [0.3, 0.4) is 0 Å². The molecule has 1 aliphatic heterocycles. The quantitative estimate of drug-likeness (QED) is 0.291. The highest BCUT2D eigenvalue weighted by molar-refractivity contribution is 7.21. The third-order valence-corrected chi connectivity index (χ3v) is 8.33. The summed E-state index contributed by atoms with van der Waals surface area (Å²) in [6, 6.07) is 20.8. The summed E-state index contributed by atoms with van der Waals surface area (Å²) in [5.74, 6) is 1.08. The number of nitrogen functional groups attached to an aromatic ring is 1. The molecule has 208 valence electrons. The number of hydrogen-bond donors (Lipinski definition) is 1. The molecule has 0 radical (unpaired) electrons. The minimum absolute atomic E-state index is 0.180. The minimum Gasteiger partial charge on any atom is -0.493 e. The van der Waals surface area contributed by atoms with E-state index >= 15 is 0 Å².